The molecular weight excluding hydrogens is 555 g/mol. The molecular formula is C43H35BN2. The number of hydrogen-bond donors (Lipinski definition) is 0. The fourth-order valence-corrected chi connectivity index (χ4v) is 9.22. The molecule has 220 valence electrons. The van der Waals surface area contributed by atoms with Gasteiger partial charge >= 0.3 is 6.85 Å². The average molecular weight is 591 g/mol. The number of fused-ring (bicyclic) bond motifs is 12. The first-order valence-corrected chi connectivity index (χ1v) is 16.6. The van der Waals surface area contributed by atoms with E-state index in [0.717, 1.165) is 0 Å². The fraction of sp³-hybridized carbons (Fsp3) is 0.163. The Morgan fingerprint density at radius 3 is 2.00 bits per heavy atom. The molecule has 0 radical (unpaired) electrons. The van der Waals surface area contributed by atoms with Crippen LogP contribution >= 0.6 is 0 Å². The highest BCUT2D eigenvalue weighted by atomic mass is 15.0. The highest BCUT2D eigenvalue weighted by Crippen LogP contribution is 2.52. The molecule has 10 rings (SSSR count). The summed E-state index contributed by atoms with van der Waals surface area (Å²) >= 11 is 0. The maximum atomic E-state index is 2.74. The van der Waals surface area contributed by atoms with Gasteiger partial charge in [0.25, 0.3) is 0 Å². The molecule has 2 aliphatic rings. The molecule has 0 bridgehead atoms. The maximum absolute atomic E-state index is 2.74. The first-order chi connectivity index (χ1) is 22.3. The monoisotopic (exact) mass is 590 g/mol. The van der Waals surface area contributed by atoms with E-state index < -0.39 is 0 Å². The molecule has 8 aromatic rings. The number of benzene rings is 6. The Kier molecular flexibility index (Phi) is 4.91. The molecule has 1 aliphatic carbocycles. The molecule has 0 atom stereocenters. The van der Waals surface area contributed by atoms with Gasteiger partial charge in [0.2, 0.25) is 0 Å². The van der Waals surface area contributed by atoms with E-state index in [9.17, 15) is 0 Å². The van der Waals surface area contributed by atoms with Crippen LogP contribution in [0, 0.1) is 0 Å². The van der Waals surface area contributed by atoms with E-state index in [0.29, 0.717) is 0 Å². The molecule has 0 amide bonds. The molecule has 1 aliphatic heterocycles. The summed E-state index contributed by atoms with van der Waals surface area (Å²) in [6, 6.07) is 45.8. The SMILES string of the molecule is CC(C)(C)c1ccc2c3ccccc3n3c2c1B(n1c2ccccc2c2ccc4c(c21)C(C)(C)c1ccccc1-4)c1ccccc1-3. The minimum Gasteiger partial charge on any atom is -0.376 e. The van der Waals surface area contributed by atoms with Gasteiger partial charge in [0.15, 0.2) is 0 Å². The average Bonchev–Trinajstić information content (AvgIpc) is 3.66. The first kappa shape index (κ1) is 26.2. The lowest BCUT2D eigenvalue weighted by Gasteiger charge is -2.34. The lowest BCUT2D eigenvalue weighted by atomic mass is 9.46. The molecule has 2 nitrogen and oxygen atoms in total. The van der Waals surface area contributed by atoms with Gasteiger partial charge in [-0.2, -0.15) is 0 Å². The van der Waals surface area contributed by atoms with Gasteiger partial charge in [0.05, 0.1) is 11.0 Å². The summed E-state index contributed by atoms with van der Waals surface area (Å²) in [6.45, 7) is 12.0. The van der Waals surface area contributed by atoms with Crippen molar-refractivity contribution < 1.29 is 0 Å². The van der Waals surface area contributed by atoms with Crippen molar-refractivity contribution in [2.24, 2.45) is 0 Å². The molecule has 2 aromatic heterocycles. The molecule has 3 heterocycles. The third-order valence-electron chi connectivity index (χ3n) is 11.1. The predicted octanol–water partition coefficient (Wildman–Crippen LogP) is 9.46. The third kappa shape index (κ3) is 3.09. The van der Waals surface area contributed by atoms with Gasteiger partial charge in [-0.1, -0.05) is 138 Å². The molecule has 0 saturated heterocycles. The van der Waals surface area contributed by atoms with Gasteiger partial charge in [-0.25, -0.2) is 0 Å². The molecule has 0 unspecified atom stereocenters. The molecule has 0 spiro atoms. The molecule has 0 N–H and O–H groups in total. The van der Waals surface area contributed by atoms with Gasteiger partial charge in [0.1, 0.15) is 0 Å². The van der Waals surface area contributed by atoms with Crippen molar-refractivity contribution in [3.8, 4) is 16.8 Å². The van der Waals surface area contributed by atoms with Gasteiger partial charge in [-0.05, 0) is 62.4 Å². The Labute approximate surface area is 270 Å². The number of para-hydroxylation sites is 3. The van der Waals surface area contributed by atoms with Crippen molar-refractivity contribution in [1.82, 2.24) is 9.05 Å². The Hall–Kier alpha value is -5.02. The van der Waals surface area contributed by atoms with Crippen LogP contribution in [-0.2, 0) is 10.8 Å². The summed E-state index contributed by atoms with van der Waals surface area (Å²) < 4.78 is 5.29. The predicted molar refractivity (Wildman–Crippen MR) is 197 cm³/mol. The van der Waals surface area contributed by atoms with Crippen LogP contribution in [0.1, 0.15) is 51.3 Å². The highest BCUT2D eigenvalue weighted by molar-refractivity contribution is 6.88. The van der Waals surface area contributed by atoms with Crippen LogP contribution in [0.3, 0.4) is 0 Å². The van der Waals surface area contributed by atoms with Crippen LogP contribution in [0.5, 0.6) is 0 Å². The summed E-state index contributed by atoms with van der Waals surface area (Å²) in [4.78, 5) is 0. The first-order valence-electron chi connectivity index (χ1n) is 16.6. The van der Waals surface area contributed by atoms with Crippen molar-refractivity contribution in [1.29, 1.82) is 0 Å². The Morgan fingerprint density at radius 2 is 1.20 bits per heavy atom. The van der Waals surface area contributed by atoms with E-state index in [4.69, 9.17) is 0 Å². The fourth-order valence-electron chi connectivity index (χ4n) is 9.22. The second-order valence-electron chi connectivity index (χ2n) is 14.9. The van der Waals surface area contributed by atoms with Crippen molar-refractivity contribution in [3.63, 3.8) is 0 Å². The smallest absolute Gasteiger partial charge is 0.332 e. The van der Waals surface area contributed by atoms with Crippen molar-refractivity contribution in [3.05, 3.63) is 138 Å². The van der Waals surface area contributed by atoms with Crippen LogP contribution in [-0.4, -0.2) is 15.9 Å². The van der Waals surface area contributed by atoms with E-state index in [-0.39, 0.29) is 17.7 Å². The van der Waals surface area contributed by atoms with Crippen molar-refractivity contribution in [2.45, 2.75) is 45.4 Å². The summed E-state index contributed by atoms with van der Waals surface area (Å²) in [6.07, 6.45) is 0. The summed E-state index contributed by atoms with van der Waals surface area (Å²) in [5.74, 6) is 0. The lowest BCUT2D eigenvalue weighted by Crippen LogP contribution is -2.55. The van der Waals surface area contributed by atoms with E-state index >= 15 is 0 Å². The second kappa shape index (κ2) is 8.62. The molecule has 0 fully saturated rings. The molecule has 6 aromatic carbocycles. The zero-order chi connectivity index (χ0) is 31.1. The largest absolute Gasteiger partial charge is 0.376 e. The third-order valence-corrected chi connectivity index (χ3v) is 11.1. The number of aromatic nitrogens is 2. The van der Waals surface area contributed by atoms with Crippen LogP contribution in [0.15, 0.2) is 121 Å². The zero-order valence-electron chi connectivity index (χ0n) is 27.0. The molecule has 0 saturated carbocycles. The number of rotatable bonds is 1. The van der Waals surface area contributed by atoms with Gasteiger partial charge in [-0.3, -0.25) is 0 Å². The lowest BCUT2D eigenvalue weighted by molar-refractivity contribution is 0.594. The van der Waals surface area contributed by atoms with Gasteiger partial charge in [-0.15, -0.1) is 0 Å². The standard InChI is InChI=1S/C43H35BN2/c1-42(2,3)33-25-24-31-27-15-7-11-19-35(27)45-37-21-13-10-18-34(37)44(39(33)41(31)45)46-36-20-12-8-16-28(36)30-23-22-29-26-14-6-9-17-32(26)43(4,5)38(29)40(30)46/h6-25H,1-5H3. The number of hydrogen-bond acceptors (Lipinski definition) is 0. The highest BCUT2D eigenvalue weighted by Gasteiger charge is 2.43. The van der Waals surface area contributed by atoms with Crippen molar-refractivity contribution in [2.75, 3.05) is 0 Å². The van der Waals surface area contributed by atoms with Gasteiger partial charge < -0.3 is 9.05 Å². The van der Waals surface area contributed by atoms with Crippen molar-refractivity contribution >= 4 is 61.4 Å². The van der Waals surface area contributed by atoms with E-state index in [1.807, 2.05) is 0 Å². The summed E-state index contributed by atoms with van der Waals surface area (Å²) in [5.41, 5.74) is 16.1. The minimum atomic E-state index is -0.139. The van der Waals surface area contributed by atoms with Crippen LogP contribution < -0.4 is 10.9 Å². The summed E-state index contributed by atoms with van der Waals surface area (Å²) in [5, 5.41) is 5.30. The van der Waals surface area contributed by atoms with E-state index in [2.05, 4.69) is 165 Å². The topological polar surface area (TPSA) is 9.86 Å². The Balaban J connectivity index is 1.46. The zero-order valence-corrected chi connectivity index (χ0v) is 27.0. The minimum absolute atomic E-state index is 0.000602. The maximum Gasteiger partial charge on any atom is 0.332 e. The quantitative estimate of drug-likeness (QED) is 0.169. The normalized spacial score (nSPS) is 14.8. The van der Waals surface area contributed by atoms with Crippen LogP contribution in [0.4, 0.5) is 0 Å². The van der Waals surface area contributed by atoms with E-state index in [1.165, 1.54) is 88.0 Å². The van der Waals surface area contributed by atoms with E-state index in [1.54, 1.807) is 0 Å². The molecule has 46 heavy (non-hydrogen) atoms. The Morgan fingerprint density at radius 1 is 0.565 bits per heavy atom. The second-order valence-corrected chi connectivity index (χ2v) is 14.9. The number of nitrogens with zero attached hydrogens (tertiary/aromatic N) is 2. The van der Waals surface area contributed by atoms with Crippen LogP contribution in [0.2, 0.25) is 0 Å². The Bertz CT molecular complexity index is 2610. The van der Waals surface area contributed by atoms with Gasteiger partial charge in [0, 0.05) is 43.7 Å². The summed E-state index contributed by atoms with van der Waals surface area (Å²) in [7, 11) is 0. The molecule has 3 heteroatoms. The van der Waals surface area contributed by atoms with Crippen LogP contribution in [0.25, 0.3) is 60.4 Å².